The third-order valence-electron chi connectivity index (χ3n) is 4.29. The van der Waals surface area contributed by atoms with Crippen LogP contribution in [0.3, 0.4) is 0 Å². The number of hydrogen-bond acceptors (Lipinski definition) is 7. The number of fused-ring (bicyclic) bond motifs is 1. The molecule has 0 radical (unpaired) electrons. The van der Waals surface area contributed by atoms with Gasteiger partial charge in [0.2, 0.25) is 5.91 Å². The Morgan fingerprint density at radius 3 is 2.19 bits per heavy atom. The summed E-state index contributed by atoms with van der Waals surface area (Å²) in [5.74, 6) is -1.68. The van der Waals surface area contributed by atoms with Crippen LogP contribution in [0.15, 0.2) is 24.3 Å². The van der Waals surface area contributed by atoms with Crippen molar-refractivity contribution >= 4 is 29.6 Å². The molecule has 0 aromatic heterocycles. The summed E-state index contributed by atoms with van der Waals surface area (Å²) in [6, 6.07) is 5.73. The molecule has 176 valence electrons. The fourth-order valence-electron chi connectivity index (χ4n) is 3.30. The Bertz CT molecular complexity index is 883. The van der Waals surface area contributed by atoms with Crippen molar-refractivity contribution in [3.63, 3.8) is 0 Å². The van der Waals surface area contributed by atoms with Crippen molar-refractivity contribution in [1.29, 1.82) is 0 Å². The lowest BCUT2D eigenvalue weighted by Gasteiger charge is -2.28. The Kier molecular flexibility index (Phi) is 7.54. The molecule has 1 aromatic carbocycles. The molecule has 2 atom stereocenters. The van der Waals surface area contributed by atoms with Gasteiger partial charge in [-0.3, -0.25) is 19.3 Å². The van der Waals surface area contributed by atoms with E-state index in [9.17, 15) is 19.2 Å². The van der Waals surface area contributed by atoms with E-state index in [2.05, 4.69) is 5.32 Å². The average molecular weight is 449 g/mol. The highest BCUT2D eigenvalue weighted by molar-refractivity contribution is 6.03. The summed E-state index contributed by atoms with van der Waals surface area (Å²) in [5, 5.41) is 2.56. The highest BCUT2D eigenvalue weighted by atomic mass is 16.6. The van der Waals surface area contributed by atoms with Crippen LogP contribution in [0.5, 0.6) is 0 Å². The van der Waals surface area contributed by atoms with E-state index in [0.717, 1.165) is 0 Å². The van der Waals surface area contributed by atoms with Crippen LogP contribution in [-0.2, 0) is 28.6 Å². The molecular formula is C23H32N2O7. The monoisotopic (exact) mass is 448 g/mol. The van der Waals surface area contributed by atoms with Crippen molar-refractivity contribution in [1.82, 2.24) is 5.32 Å². The molecule has 9 heteroatoms. The normalized spacial score (nSPS) is 18.8. The largest absolute Gasteiger partial charge is 0.459 e. The summed E-state index contributed by atoms with van der Waals surface area (Å²) in [6.45, 7) is 11.2. The molecule has 0 bridgehead atoms. The zero-order valence-corrected chi connectivity index (χ0v) is 19.7. The van der Waals surface area contributed by atoms with E-state index in [-0.39, 0.29) is 13.0 Å². The number of esters is 2. The van der Waals surface area contributed by atoms with Gasteiger partial charge < -0.3 is 19.5 Å². The van der Waals surface area contributed by atoms with Crippen molar-refractivity contribution in [3.8, 4) is 0 Å². The maximum atomic E-state index is 13.4. The van der Waals surface area contributed by atoms with Crippen LogP contribution in [-0.4, -0.2) is 47.7 Å². The zero-order chi connectivity index (χ0) is 24.3. The molecule has 2 unspecified atom stereocenters. The van der Waals surface area contributed by atoms with Crippen molar-refractivity contribution in [2.75, 3.05) is 11.4 Å². The number of carbonyl (C=O) groups excluding carboxylic acids is 4. The number of para-hydroxylation sites is 1. The van der Waals surface area contributed by atoms with Crippen molar-refractivity contribution in [3.05, 3.63) is 29.8 Å². The van der Waals surface area contributed by atoms with Crippen LogP contribution < -0.4 is 10.2 Å². The minimum atomic E-state index is -1.09. The summed E-state index contributed by atoms with van der Waals surface area (Å²) < 4.78 is 16.1. The number of rotatable bonds is 4. The first kappa shape index (κ1) is 25.2. The van der Waals surface area contributed by atoms with Gasteiger partial charge in [0.05, 0.1) is 5.69 Å². The first-order valence-corrected chi connectivity index (χ1v) is 10.4. The molecule has 0 saturated carbocycles. The number of anilines is 1. The molecule has 32 heavy (non-hydrogen) atoms. The van der Waals surface area contributed by atoms with E-state index in [4.69, 9.17) is 14.2 Å². The van der Waals surface area contributed by atoms with Gasteiger partial charge in [0.1, 0.15) is 29.9 Å². The van der Waals surface area contributed by atoms with E-state index in [1.807, 2.05) is 0 Å². The van der Waals surface area contributed by atoms with Crippen molar-refractivity contribution in [2.45, 2.75) is 78.2 Å². The highest BCUT2D eigenvalue weighted by Crippen LogP contribution is 2.36. The molecule has 2 rings (SSSR count). The molecule has 2 amide bonds. The molecule has 0 fully saturated rings. The van der Waals surface area contributed by atoms with E-state index in [0.29, 0.717) is 11.3 Å². The van der Waals surface area contributed by atoms with E-state index < -0.39 is 47.3 Å². The maximum absolute atomic E-state index is 13.4. The van der Waals surface area contributed by atoms with Gasteiger partial charge in [-0.1, -0.05) is 18.2 Å². The SMILES string of the molecule is CC(=O)OC1CC(NC(=O)OC(C)(C)C)C(=O)N(CC(=O)OC(C)(C)C)c2ccccc21. The lowest BCUT2D eigenvalue weighted by Crippen LogP contribution is -2.51. The Balaban J connectivity index is 2.43. The predicted octanol–water partition coefficient (Wildman–Crippen LogP) is 3.26. The van der Waals surface area contributed by atoms with Crippen LogP contribution in [0, 0.1) is 0 Å². The third kappa shape index (κ3) is 7.25. The first-order valence-electron chi connectivity index (χ1n) is 10.4. The van der Waals surface area contributed by atoms with Gasteiger partial charge in [-0.2, -0.15) is 0 Å². The quantitative estimate of drug-likeness (QED) is 0.556. The second-order valence-electron chi connectivity index (χ2n) is 9.60. The summed E-state index contributed by atoms with van der Waals surface area (Å²) in [6.07, 6.45) is -1.61. The summed E-state index contributed by atoms with van der Waals surface area (Å²) in [4.78, 5) is 51.4. The van der Waals surface area contributed by atoms with Crippen LogP contribution in [0.2, 0.25) is 0 Å². The minimum absolute atomic E-state index is 0.0144. The van der Waals surface area contributed by atoms with Gasteiger partial charge in [-0.15, -0.1) is 0 Å². The van der Waals surface area contributed by atoms with E-state index in [1.165, 1.54) is 11.8 Å². The highest BCUT2D eigenvalue weighted by Gasteiger charge is 2.39. The molecule has 9 nitrogen and oxygen atoms in total. The number of ether oxygens (including phenoxy) is 3. The lowest BCUT2D eigenvalue weighted by molar-refractivity contribution is -0.153. The first-order chi connectivity index (χ1) is 14.7. The van der Waals surface area contributed by atoms with Gasteiger partial charge in [0.15, 0.2) is 0 Å². The van der Waals surface area contributed by atoms with Crippen molar-refractivity contribution < 1.29 is 33.4 Å². The van der Waals surface area contributed by atoms with Crippen LogP contribution in [0.1, 0.15) is 66.6 Å². The number of alkyl carbamates (subject to hydrolysis) is 1. The molecule has 1 aliphatic heterocycles. The fourth-order valence-corrected chi connectivity index (χ4v) is 3.30. The van der Waals surface area contributed by atoms with Crippen LogP contribution in [0.4, 0.5) is 10.5 Å². The van der Waals surface area contributed by atoms with E-state index >= 15 is 0 Å². The summed E-state index contributed by atoms with van der Waals surface area (Å²) in [7, 11) is 0. The van der Waals surface area contributed by atoms with Crippen LogP contribution in [0.25, 0.3) is 0 Å². The molecule has 1 heterocycles. The lowest BCUT2D eigenvalue weighted by atomic mass is 10.0. The Morgan fingerprint density at radius 1 is 1.03 bits per heavy atom. The summed E-state index contributed by atoms with van der Waals surface area (Å²) >= 11 is 0. The fraction of sp³-hybridized carbons (Fsp3) is 0.565. The third-order valence-corrected chi connectivity index (χ3v) is 4.29. The Morgan fingerprint density at radius 2 is 1.62 bits per heavy atom. The number of nitrogens with one attached hydrogen (secondary N) is 1. The van der Waals surface area contributed by atoms with Gasteiger partial charge in [0.25, 0.3) is 0 Å². The number of amides is 2. The van der Waals surface area contributed by atoms with Gasteiger partial charge in [0, 0.05) is 18.9 Å². The van der Waals surface area contributed by atoms with Gasteiger partial charge in [-0.05, 0) is 47.6 Å². The molecule has 0 spiro atoms. The van der Waals surface area contributed by atoms with Crippen LogP contribution >= 0.6 is 0 Å². The predicted molar refractivity (Wildman–Crippen MR) is 117 cm³/mol. The second-order valence-corrected chi connectivity index (χ2v) is 9.60. The van der Waals surface area contributed by atoms with E-state index in [1.54, 1.807) is 65.8 Å². The second kappa shape index (κ2) is 9.58. The average Bonchev–Trinajstić information content (AvgIpc) is 2.69. The molecule has 0 saturated heterocycles. The minimum Gasteiger partial charge on any atom is -0.459 e. The number of carbonyl (C=O) groups is 4. The topological polar surface area (TPSA) is 111 Å². The Hall–Kier alpha value is -3.10. The summed E-state index contributed by atoms with van der Waals surface area (Å²) in [5.41, 5.74) is -0.553. The standard InChI is InChI=1S/C23H32N2O7/c1-14(26)30-18-12-16(24-21(29)32-23(5,6)7)20(28)25(13-19(27)31-22(2,3)4)17-11-9-8-10-15(17)18/h8-11,16,18H,12-13H2,1-7H3,(H,24,29). The molecular weight excluding hydrogens is 416 g/mol. The smallest absolute Gasteiger partial charge is 0.408 e. The van der Waals surface area contributed by atoms with Gasteiger partial charge in [-0.25, -0.2) is 4.79 Å². The number of hydrogen-bond donors (Lipinski definition) is 1. The number of nitrogens with zero attached hydrogens (tertiary/aromatic N) is 1. The molecule has 1 N–H and O–H groups in total. The van der Waals surface area contributed by atoms with Gasteiger partial charge >= 0.3 is 18.0 Å². The molecule has 1 aromatic rings. The maximum Gasteiger partial charge on any atom is 0.408 e. The van der Waals surface area contributed by atoms with Crippen molar-refractivity contribution in [2.24, 2.45) is 0 Å². The number of benzene rings is 1. The molecule has 1 aliphatic rings. The molecule has 0 aliphatic carbocycles. The Labute approximate surface area is 188 Å². The zero-order valence-electron chi connectivity index (χ0n) is 19.7.